The molecule has 0 aliphatic heterocycles. The normalized spacial score (nSPS) is 10.1. The lowest BCUT2D eigenvalue weighted by Crippen LogP contribution is -2.09. The average Bonchev–Trinajstić information content (AvgIpc) is 2.38. The summed E-state index contributed by atoms with van der Waals surface area (Å²) in [5.74, 6) is -0.204. The molecule has 0 aliphatic rings. The number of nitrogens with two attached hydrogens (primary N) is 1. The number of hydrogen-bond acceptors (Lipinski definition) is 2. The number of hydrogen-bond donors (Lipinski definition) is 2. The van der Waals surface area contributed by atoms with Crippen molar-refractivity contribution in [2.75, 3.05) is 5.32 Å². The van der Waals surface area contributed by atoms with E-state index in [1.165, 1.54) is 6.07 Å². The van der Waals surface area contributed by atoms with Gasteiger partial charge in [0.15, 0.2) is 0 Å². The van der Waals surface area contributed by atoms with Crippen molar-refractivity contribution in [3.8, 4) is 0 Å². The molecule has 3 N–H and O–H groups in total. The van der Waals surface area contributed by atoms with Gasteiger partial charge in [-0.25, -0.2) is 4.39 Å². The summed E-state index contributed by atoms with van der Waals surface area (Å²) in [5, 5.41) is 3.14. The van der Waals surface area contributed by atoms with Crippen molar-refractivity contribution in [1.29, 1.82) is 0 Å². The summed E-state index contributed by atoms with van der Waals surface area (Å²) in [5.41, 5.74) is 7.87. The van der Waals surface area contributed by atoms with Gasteiger partial charge in [-0.05, 0) is 30.3 Å². The van der Waals surface area contributed by atoms with E-state index in [1.807, 2.05) is 30.3 Å². The Morgan fingerprint density at radius 3 is 2.39 bits per heavy atom. The van der Waals surface area contributed by atoms with Crippen molar-refractivity contribution in [3.05, 3.63) is 65.5 Å². The van der Waals surface area contributed by atoms with Gasteiger partial charge >= 0.3 is 0 Å². The molecule has 2 aromatic carbocycles. The van der Waals surface area contributed by atoms with Crippen LogP contribution in [0.2, 0.25) is 0 Å². The molecule has 2 aromatic rings. The van der Waals surface area contributed by atoms with E-state index in [4.69, 9.17) is 18.0 Å². The fourth-order valence-electron chi connectivity index (χ4n) is 1.59. The van der Waals surface area contributed by atoms with E-state index in [-0.39, 0.29) is 5.82 Å². The van der Waals surface area contributed by atoms with Crippen LogP contribution < -0.4 is 11.1 Å². The van der Waals surface area contributed by atoms with E-state index in [0.29, 0.717) is 17.1 Å². The fourth-order valence-corrected chi connectivity index (χ4v) is 1.73. The van der Waals surface area contributed by atoms with Crippen LogP contribution in [0.15, 0.2) is 48.5 Å². The summed E-state index contributed by atoms with van der Waals surface area (Å²) in [6.07, 6.45) is 0. The van der Waals surface area contributed by atoms with Crippen LogP contribution in [0.1, 0.15) is 11.1 Å². The Labute approximate surface area is 111 Å². The molecule has 0 aliphatic carbocycles. The molecule has 0 radical (unpaired) electrons. The first-order chi connectivity index (χ1) is 8.66. The molecule has 0 unspecified atom stereocenters. The van der Waals surface area contributed by atoms with Crippen LogP contribution in [0, 0.1) is 5.82 Å². The predicted molar refractivity (Wildman–Crippen MR) is 76.1 cm³/mol. The number of halogens is 1. The van der Waals surface area contributed by atoms with Gasteiger partial charge in [0, 0.05) is 23.4 Å². The number of benzene rings is 2. The highest BCUT2D eigenvalue weighted by Gasteiger charge is 2.00. The largest absolute Gasteiger partial charge is 0.389 e. The molecule has 92 valence electrons. The molecule has 0 saturated heterocycles. The Morgan fingerprint density at radius 2 is 1.78 bits per heavy atom. The SMILES string of the molecule is NC(=S)c1ccc(NCc2ccccc2F)cc1. The zero-order valence-corrected chi connectivity index (χ0v) is 10.5. The lowest BCUT2D eigenvalue weighted by Gasteiger charge is -2.08. The smallest absolute Gasteiger partial charge is 0.128 e. The van der Waals surface area contributed by atoms with Crippen LogP contribution in [-0.4, -0.2) is 4.99 Å². The summed E-state index contributed by atoms with van der Waals surface area (Å²) in [6, 6.07) is 14.1. The lowest BCUT2D eigenvalue weighted by atomic mass is 10.2. The Hall–Kier alpha value is -1.94. The van der Waals surface area contributed by atoms with Crippen molar-refractivity contribution in [2.45, 2.75) is 6.54 Å². The molecule has 0 heterocycles. The Morgan fingerprint density at radius 1 is 1.11 bits per heavy atom. The molecule has 0 fully saturated rings. The third-order valence-electron chi connectivity index (χ3n) is 2.61. The number of anilines is 1. The van der Waals surface area contributed by atoms with Gasteiger partial charge in [0.2, 0.25) is 0 Å². The highest BCUT2D eigenvalue weighted by molar-refractivity contribution is 7.80. The first kappa shape index (κ1) is 12.5. The minimum Gasteiger partial charge on any atom is -0.389 e. The van der Waals surface area contributed by atoms with Crippen LogP contribution in [0.25, 0.3) is 0 Å². The highest BCUT2D eigenvalue weighted by atomic mass is 32.1. The van der Waals surface area contributed by atoms with Crippen LogP contribution in [-0.2, 0) is 6.54 Å². The van der Waals surface area contributed by atoms with E-state index >= 15 is 0 Å². The maximum atomic E-state index is 13.4. The van der Waals surface area contributed by atoms with E-state index < -0.39 is 0 Å². The molecule has 18 heavy (non-hydrogen) atoms. The van der Waals surface area contributed by atoms with Crippen molar-refractivity contribution < 1.29 is 4.39 Å². The molecule has 2 nitrogen and oxygen atoms in total. The van der Waals surface area contributed by atoms with Gasteiger partial charge < -0.3 is 11.1 Å². The second-order valence-electron chi connectivity index (χ2n) is 3.89. The Bertz CT molecular complexity index is 552. The van der Waals surface area contributed by atoms with Gasteiger partial charge in [-0.1, -0.05) is 30.4 Å². The molecule has 0 aromatic heterocycles. The third-order valence-corrected chi connectivity index (χ3v) is 2.85. The van der Waals surface area contributed by atoms with Crippen molar-refractivity contribution >= 4 is 22.9 Å². The highest BCUT2D eigenvalue weighted by Crippen LogP contribution is 2.13. The molecule has 0 saturated carbocycles. The Kier molecular flexibility index (Phi) is 3.89. The van der Waals surface area contributed by atoms with Crippen molar-refractivity contribution in [2.24, 2.45) is 5.73 Å². The van der Waals surface area contributed by atoms with E-state index in [2.05, 4.69) is 5.32 Å². The molecule has 0 atom stereocenters. The lowest BCUT2D eigenvalue weighted by molar-refractivity contribution is 0.613. The van der Waals surface area contributed by atoms with Crippen LogP contribution in [0.4, 0.5) is 10.1 Å². The van der Waals surface area contributed by atoms with Gasteiger partial charge in [0.05, 0.1) is 0 Å². The summed E-state index contributed by atoms with van der Waals surface area (Å²) in [6.45, 7) is 0.444. The number of rotatable bonds is 4. The molecular weight excluding hydrogens is 247 g/mol. The quantitative estimate of drug-likeness (QED) is 0.830. The summed E-state index contributed by atoms with van der Waals surface area (Å²) >= 11 is 4.87. The monoisotopic (exact) mass is 260 g/mol. The summed E-state index contributed by atoms with van der Waals surface area (Å²) in [7, 11) is 0. The second-order valence-corrected chi connectivity index (χ2v) is 4.33. The zero-order valence-electron chi connectivity index (χ0n) is 9.69. The zero-order chi connectivity index (χ0) is 13.0. The van der Waals surface area contributed by atoms with Gasteiger partial charge in [-0.3, -0.25) is 0 Å². The predicted octanol–water partition coefficient (Wildman–Crippen LogP) is 3.07. The molecule has 2 rings (SSSR count). The van der Waals surface area contributed by atoms with E-state index in [9.17, 15) is 4.39 Å². The van der Waals surface area contributed by atoms with Gasteiger partial charge in [-0.2, -0.15) is 0 Å². The van der Waals surface area contributed by atoms with Gasteiger partial charge in [0.1, 0.15) is 10.8 Å². The fraction of sp³-hybridized carbons (Fsp3) is 0.0714. The van der Waals surface area contributed by atoms with Gasteiger partial charge in [0.25, 0.3) is 0 Å². The maximum absolute atomic E-state index is 13.4. The van der Waals surface area contributed by atoms with Crippen LogP contribution in [0.3, 0.4) is 0 Å². The van der Waals surface area contributed by atoms with E-state index in [0.717, 1.165) is 11.3 Å². The Balaban J connectivity index is 2.02. The number of nitrogens with one attached hydrogen (secondary N) is 1. The van der Waals surface area contributed by atoms with E-state index in [1.54, 1.807) is 12.1 Å². The summed E-state index contributed by atoms with van der Waals surface area (Å²) in [4.78, 5) is 0.371. The first-order valence-corrected chi connectivity index (χ1v) is 5.95. The van der Waals surface area contributed by atoms with Crippen molar-refractivity contribution in [1.82, 2.24) is 0 Å². The maximum Gasteiger partial charge on any atom is 0.128 e. The number of thiocarbonyl (C=S) groups is 1. The average molecular weight is 260 g/mol. The molecule has 0 amide bonds. The molecule has 0 bridgehead atoms. The van der Waals surface area contributed by atoms with Crippen LogP contribution >= 0.6 is 12.2 Å². The minimum absolute atomic E-state index is 0.204. The minimum atomic E-state index is -0.204. The van der Waals surface area contributed by atoms with Gasteiger partial charge in [-0.15, -0.1) is 0 Å². The molecule has 4 heteroatoms. The van der Waals surface area contributed by atoms with Crippen LogP contribution in [0.5, 0.6) is 0 Å². The molecular formula is C14H13FN2S. The first-order valence-electron chi connectivity index (χ1n) is 5.54. The summed E-state index contributed by atoms with van der Waals surface area (Å²) < 4.78 is 13.4. The van der Waals surface area contributed by atoms with Crippen molar-refractivity contribution in [3.63, 3.8) is 0 Å². The second kappa shape index (κ2) is 5.60. The third kappa shape index (κ3) is 3.05. The topological polar surface area (TPSA) is 38.0 Å². The standard InChI is InChI=1S/C14H13FN2S/c15-13-4-2-1-3-11(13)9-17-12-7-5-10(6-8-12)14(16)18/h1-8,17H,9H2,(H2,16,18). The molecule has 0 spiro atoms.